The van der Waals surface area contributed by atoms with Crippen molar-refractivity contribution in [3.8, 4) is 0 Å². The van der Waals surface area contributed by atoms with Gasteiger partial charge in [0.2, 0.25) is 10.0 Å². The van der Waals surface area contributed by atoms with Crippen LogP contribution >= 0.6 is 11.3 Å². The Morgan fingerprint density at radius 3 is 2.20 bits per heavy atom. The molecular formula is C13H14N2O3S2. The number of benzene rings is 1. The zero-order valence-electron chi connectivity index (χ0n) is 11.0. The first kappa shape index (κ1) is 14.5. The van der Waals surface area contributed by atoms with Gasteiger partial charge in [0.05, 0.1) is 11.1 Å². The number of sulfonamides is 1. The Morgan fingerprint density at radius 2 is 1.70 bits per heavy atom. The Labute approximate surface area is 121 Å². The molecular weight excluding hydrogens is 296 g/mol. The van der Waals surface area contributed by atoms with Gasteiger partial charge in [0.15, 0.2) is 0 Å². The standard InChI is InChI=1S/C13H14N2O3S2/c1-9-7-8-19-12(9)13(16)14-10-3-5-11(6-4-10)15-20(2,17)18/h3-8,15H,1-2H3,(H,14,16). The van der Waals surface area contributed by atoms with Crippen LogP contribution in [0.3, 0.4) is 0 Å². The molecule has 0 bridgehead atoms. The number of anilines is 2. The number of hydrogen-bond donors (Lipinski definition) is 2. The predicted molar refractivity (Wildman–Crippen MR) is 81.9 cm³/mol. The van der Waals surface area contributed by atoms with Crippen LogP contribution in [0, 0.1) is 6.92 Å². The molecule has 1 amide bonds. The molecule has 20 heavy (non-hydrogen) atoms. The lowest BCUT2D eigenvalue weighted by Crippen LogP contribution is -2.12. The second-order valence-corrected chi connectivity index (χ2v) is 7.00. The van der Waals surface area contributed by atoms with Crippen molar-refractivity contribution in [1.29, 1.82) is 0 Å². The second kappa shape index (κ2) is 5.64. The van der Waals surface area contributed by atoms with E-state index in [1.54, 1.807) is 24.3 Å². The van der Waals surface area contributed by atoms with Gasteiger partial charge in [-0.15, -0.1) is 11.3 Å². The van der Waals surface area contributed by atoms with Crippen molar-refractivity contribution in [3.05, 3.63) is 46.2 Å². The van der Waals surface area contributed by atoms with Crippen molar-refractivity contribution in [1.82, 2.24) is 0 Å². The molecule has 7 heteroatoms. The second-order valence-electron chi connectivity index (χ2n) is 4.34. The molecule has 0 saturated heterocycles. The fraction of sp³-hybridized carbons (Fsp3) is 0.154. The largest absolute Gasteiger partial charge is 0.321 e. The number of carbonyl (C=O) groups excluding carboxylic acids is 1. The van der Waals surface area contributed by atoms with Crippen LogP contribution < -0.4 is 10.0 Å². The third-order valence-corrected chi connectivity index (χ3v) is 4.14. The molecule has 5 nitrogen and oxygen atoms in total. The van der Waals surface area contributed by atoms with E-state index < -0.39 is 10.0 Å². The van der Waals surface area contributed by atoms with Gasteiger partial charge < -0.3 is 5.32 Å². The number of amides is 1. The Balaban J connectivity index is 2.08. The fourth-order valence-electron chi connectivity index (χ4n) is 1.63. The highest BCUT2D eigenvalue weighted by Crippen LogP contribution is 2.19. The molecule has 1 heterocycles. The molecule has 0 fully saturated rings. The molecule has 0 radical (unpaired) electrons. The van der Waals surface area contributed by atoms with Gasteiger partial charge in [-0.2, -0.15) is 0 Å². The van der Waals surface area contributed by atoms with Crippen LogP contribution in [0.15, 0.2) is 35.7 Å². The van der Waals surface area contributed by atoms with Gasteiger partial charge in [-0.25, -0.2) is 8.42 Å². The number of thiophene rings is 1. The molecule has 0 aliphatic rings. The minimum absolute atomic E-state index is 0.165. The third-order valence-electron chi connectivity index (χ3n) is 2.51. The maximum atomic E-state index is 12.0. The minimum Gasteiger partial charge on any atom is -0.321 e. The Morgan fingerprint density at radius 1 is 1.10 bits per heavy atom. The summed E-state index contributed by atoms with van der Waals surface area (Å²) in [6, 6.07) is 8.37. The van der Waals surface area contributed by atoms with Crippen LogP contribution in [-0.2, 0) is 10.0 Å². The molecule has 0 spiro atoms. The molecule has 0 aliphatic carbocycles. The Kier molecular flexibility index (Phi) is 4.10. The fourth-order valence-corrected chi connectivity index (χ4v) is 3.01. The lowest BCUT2D eigenvalue weighted by Gasteiger charge is -2.07. The summed E-state index contributed by atoms with van der Waals surface area (Å²) in [7, 11) is -3.29. The van der Waals surface area contributed by atoms with Crippen LogP contribution in [0.2, 0.25) is 0 Å². The minimum atomic E-state index is -3.29. The molecule has 2 aromatic rings. The number of rotatable bonds is 4. The molecule has 2 rings (SSSR count). The van der Waals surface area contributed by atoms with Crippen LogP contribution in [0.4, 0.5) is 11.4 Å². The SMILES string of the molecule is Cc1ccsc1C(=O)Nc1ccc(NS(C)(=O)=O)cc1. The highest BCUT2D eigenvalue weighted by atomic mass is 32.2. The molecule has 0 aliphatic heterocycles. The number of carbonyl (C=O) groups is 1. The first-order valence-electron chi connectivity index (χ1n) is 5.78. The van der Waals surface area contributed by atoms with Crippen molar-refractivity contribution in [2.24, 2.45) is 0 Å². The summed E-state index contributed by atoms with van der Waals surface area (Å²) in [6.45, 7) is 1.88. The van der Waals surface area contributed by atoms with Gasteiger partial charge >= 0.3 is 0 Å². The molecule has 0 saturated carbocycles. The smallest absolute Gasteiger partial charge is 0.265 e. The van der Waals surface area contributed by atoms with Crippen molar-refractivity contribution < 1.29 is 13.2 Å². The lowest BCUT2D eigenvalue weighted by atomic mass is 10.2. The summed E-state index contributed by atoms with van der Waals surface area (Å²) in [4.78, 5) is 12.7. The van der Waals surface area contributed by atoms with Gasteiger partial charge in [-0.1, -0.05) is 0 Å². The number of aryl methyl sites for hydroxylation is 1. The molecule has 1 aromatic heterocycles. The van der Waals surface area contributed by atoms with E-state index >= 15 is 0 Å². The van der Waals surface area contributed by atoms with Crippen molar-refractivity contribution in [3.63, 3.8) is 0 Å². The average molecular weight is 310 g/mol. The van der Waals surface area contributed by atoms with Crippen LogP contribution in [0.5, 0.6) is 0 Å². The summed E-state index contributed by atoms with van der Waals surface area (Å²) in [5.74, 6) is -0.165. The van der Waals surface area contributed by atoms with Crippen LogP contribution in [0.25, 0.3) is 0 Å². The highest BCUT2D eigenvalue weighted by molar-refractivity contribution is 7.92. The van der Waals surface area contributed by atoms with E-state index in [1.165, 1.54) is 11.3 Å². The highest BCUT2D eigenvalue weighted by Gasteiger charge is 2.10. The van der Waals surface area contributed by atoms with E-state index in [2.05, 4.69) is 10.0 Å². The zero-order valence-corrected chi connectivity index (χ0v) is 12.6. The van der Waals surface area contributed by atoms with E-state index in [9.17, 15) is 13.2 Å². The topological polar surface area (TPSA) is 75.3 Å². The Bertz CT molecular complexity index is 718. The number of hydrogen-bond acceptors (Lipinski definition) is 4. The quantitative estimate of drug-likeness (QED) is 0.911. The third kappa shape index (κ3) is 3.82. The summed E-state index contributed by atoms with van der Waals surface area (Å²) in [5.41, 5.74) is 2.00. The number of nitrogens with one attached hydrogen (secondary N) is 2. The summed E-state index contributed by atoms with van der Waals surface area (Å²) in [6.07, 6.45) is 1.09. The van der Waals surface area contributed by atoms with E-state index in [-0.39, 0.29) is 5.91 Å². The van der Waals surface area contributed by atoms with E-state index in [4.69, 9.17) is 0 Å². The van der Waals surface area contributed by atoms with Gasteiger partial charge in [-0.3, -0.25) is 9.52 Å². The van der Waals surface area contributed by atoms with Crippen molar-refractivity contribution in [2.45, 2.75) is 6.92 Å². The summed E-state index contributed by atoms with van der Waals surface area (Å²) in [5, 5.41) is 4.63. The molecule has 2 N–H and O–H groups in total. The average Bonchev–Trinajstić information content (AvgIpc) is 2.76. The molecule has 1 aromatic carbocycles. The monoisotopic (exact) mass is 310 g/mol. The molecule has 0 atom stereocenters. The predicted octanol–water partition coefficient (Wildman–Crippen LogP) is 2.68. The van der Waals surface area contributed by atoms with Gasteiger partial charge in [-0.05, 0) is 48.2 Å². The van der Waals surface area contributed by atoms with Gasteiger partial charge in [0.25, 0.3) is 5.91 Å². The van der Waals surface area contributed by atoms with Crippen molar-refractivity contribution in [2.75, 3.05) is 16.3 Å². The van der Waals surface area contributed by atoms with E-state index in [0.29, 0.717) is 16.3 Å². The van der Waals surface area contributed by atoms with Crippen LogP contribution in [-0.4, -0.2) is 20.6 Å². The maximum Gasteiger partial charge on any atom is 0.265 e. The Hall–Kier alpha value is -1.86. The van der Waals surface area contributed by atoms with Crippen molar-refractivity contribution >= 4 is 38.6 Å². The maximum absolute atomic E-state index is 12.0. The van der Waals surface area contributed by atoms with Gasteiger partial charge in [0, 0.05) is 11.4 Å². The van der Waals surface area contributed by atoms with E-state index in [1.807, 2.05) is 18.4 Å². The first-order valence-corrected chi connectivity index (χ1v) is 8.55. The molecule has 0 unspecified atom stereocenters. The summed E-state index contributed by atoms with van der Waals surface area (Å²) >= 11 is 1.38. The normalized spacial score (nSPS) is 11.1. The summed E-state index contributed by atoms with van der Waals surface area (Å²) < 4.78 is 24.5. The van der Waals surface area contributed by atoms with Gasteiger partial charge in [0.1, 0.15) is 0 Å². The zero-order chi connectivity index (χ0) is 14.8. The molecule has 106 valence electrons. The van der Waals surface area contributed by atoms with E-state index in [0.717, 1.165) is 11.8 Å². The lowest BCUT2D eigenvalue weighted by molar-refractivity contribution is 0.103. The first-order chi connectivity index (χ1) is 9.35. The van der Waals surface area contributed by atoms with Crippen LogP contribution in [0.1, 0.15) is 15.2 Å².